The number of unbranched alkanes of at least 4 members (excludes halogenated alkanes) is 1. The molecule has 1 amide bonds. The van der Waals surface area contributed by atoms with Gasteiger partial charge in [0.25, 0.3) is 0 Å². The van der Waals surface area contributed by atoms with E-state index in [0.717, 1.165) is 31.7 Å². The first-order valence-corrected chi connectivity index (χ1v) is 8.47. The first kappa shape index (κ1) is 16.7. The number of hydrogen-bond acceptors (Lipinski definition) is 4. The predicted octanol–water partition coefficient (Wildman–Crippen LogP) is 0.648. The van der Waals surface area contributed by atoms with Gasteiger partial charge in [0.05, 0.1) is 5.54 Å². The molecule has 5 heteroatoms. The van der Waals surface area contributed by atoms with Crippen molar-refractivity contribution in [1.82, 2.24) is 15.1 Å². The highest BCUT2D eigenvalue weighted by atomic mass is 16.1. The Morgan fingerprint density at radius 2 is 1.81 bits per heavy atom. The Morgan fingerprint density at radius 1 is 1.19 bits per heavy atom. The summed E-state index contributed by atoms with van der Waals surface area (Å²) in [4.78, 5) is 16.6. The zero-order valence-electron chi connectivity index (χ0n) is 13.7. The minimum atomic E-state index is -0.553. The molecule has 1 saturated carbocycles. The standard InChI is InChI=1S/C16H32N4O/c1-16(18-2,15(17)21)7-3-4-8-19-9-11-20(12-10-19)13-14-5-6-14/h14,18H,3-13H2,1-2H3,(H2,17,21). The molecule has 5 nitrogen and oxygen atoms in total. The molecule has 0 radical (unpaired) electrons. The van der Waals surface area contributed by atoms with Crippen LogP contribution in [0.1, 0.15) is 39.0 Å². The van der Waals surface area contributed by atoms with Crippen molar-refractivity contribution in [2.24, 2.45) is 11.7 Å². The molecular weight excluding hydrogens is 264 g/mol. The van der Waals surface area contributed by atoms with Gasteiger partial charge in [-0.2, -0.15) is 0 Å². The van der Waals surface area contributed by atoms with Gasteiger partial charge in [-0.1, -0.05) is 0 Å². The largest absolute Gasteiger partial charge is 0.368 e. The first-order valence-electron chi connectivity index (χ1n) is 8.47. The summed E-state index contributed by atoms with van der Waals surface area (Å²) in [7, 11) is 1.81. The van der Waals surface area contributed by atoms with Crippen LogP contribution in [0.4, 0.5) is 0 Å². The van der Waals surface area contributed by atoms with E-state index in [1.54, 1.807) is 0 Å². The number of rotatable bonds is 9. The van der Waals surface area contributed by atoms with Gasteiger partial charge in [0.2, 0.25) is 5.91 Å². The van der Waals surface area contributed by atoms with Crippen LogP contribution in [-0.2, 0) is 4.79 Å². The molecule has 1 saturated heterocycles. The summed E-state index contributed by atoms with van der Waals surface area (Å²) in [5.41, 5.74) is 4.90. The minimum absolute atomic E-state index is 0.251. The molecule has 122 valence electrons. The molecule has 1 heterocycles. The first-order chi connectivity index (χ1) is 10.0. The predicted molar refractivity (Wildman–Crippen MR) is 86.1 cm³/mol. The Balaban J connectivity index is 1.56. The molecule has 0 bridgehead atoms. The maximum absolute atomic E-state index is 11.4. The lowest BCUT2D eigenvalue weighted by Gasteiger charge is -2.35. The van der Waals surface area contributed by atoms with Gasteiger partial charge in [-0.05, 0) is 58.5 Å². The molecule has 2 fully saturated rings. The Labute approximate surface area is 129 Å². The number of amides is 1. The normalized spacial score (nSPS) is 23.9. The molecule has 21 heavy (non-hydrogen) atoms. The molecule has 1 atom stereocenters. The second-order valence-corrected chi connectivity index (χ2v) is 6.99. The molecule has 0 aromatic carbocycles. The fourth-order valence-electron chi connectivity index (χ4n) is 3.05. The average molecular weight is 296 g/mol. The van der Waals surface area contributed by atoms with Crippen LogP contribution in [0.5, 0.6) is 0 Å². The number of primary amides is 1. The van der Waals surface area contributed by atoms with Crippen LogP contribution >= 0.6 is 0 Å². The van der Waals surface area contributed by atoms with E-state index in [-0.39, 0.29) is 5.91 Å². The third-order valence-corrected chi connectivity index (χ3v) is 5.17. The summed E-state index contributed by atoms with van der Waals surface area (Å²) in [6, 6.07) is 0. The third-order valence-electron chi connectivity index (χ3n) is 5.17. The molecular formula is C16H32N4O. The highest BCUT2D eigenvalue weighted by Gasteiger charge is 2.28. The number of nitrogens with two attached hydrogens (primary N) is 1. The van der Waals surface area contributed by atoms with Crippen LogP contribution in [0.2, 0.25) is 0 Å². The average Bonchev–Trinajstić information content (AvgIpc) is 3.29. The summed E-state index contributed by atoms with van der Waals surface area (Å²) < 4.78 is 0. The van der Waals surface area contributed by atoms with Gasteiger partial charge in [-0.15, -0.1) is 0 Å². The maximum atomic E-state index is 11.4. The molecule has 0 aromatic heterocycles. The zero-order valence-corrected chi connectivity index (χ0v) is 13.7. The second kappa shape index (κ2) is 7.56. The molecule has 1 aliphatic carbocycles. The van der Waals surface area contributed by atoms with Crippen molar-refractivity contribution in [1.29, 1.82) is 0 Å². The monoisotopic (exact) mass is 296 g/mol. The van der Waals surface area contributed by atoms with Crippen LogP contribution in [0.15, 0.2) is 0 Å². The van der Waals surface area contributed by atoms with E-state index in [2.05, 4.69) is 15.1 Å². The van der Waals surface area contributed by atoms with Crippen molar-refractivity contribution in [2.75, 3.05) is 46.3 Å². The lowest BCUT2D eigenvalue weighted by molar-refractivity contribution is -0.123. The molecule has 0 aromatic rings. The van der Waals surface area contributed by atoms with E-state index >= 15 is 0 Å². The van der Waals surface area contributed by atoms with Gasteiger partial charge in [0, 0.05) is 32.7 Å². The van der Waals surface area contributed by atoms with Crippen molar-refractivity contribution in [3.05, 3.63) is 0 Å². The molecule has 2 rings (SSSR count). The van der Waals surface area contributed by atoms with Gasteiger partial charge in [-0.25, -0.2) is 0 Å². The van der Waals surface area contributed by atoms with Gasteiger partial charge >= 0.3 is 0 Å². The van der Waals surface area contributed by atoms with E-state index in [1.165, 1.54) is 45.6 Å². The third kappa shape index (κ3) is 5.24. The quantitative estimate of drug-likeness (QED) is 0.613. The van der Waals surface area contributed by atoms with Gasteiger partial charge in [0.1, 0.15) is 0 Å². The lowest BCUT2D eigenvalue weighted by atomic mass is 9.94. The Morgan fingerprint density at radius 3 is 2.33 bits per heavy atom. The molecule has 3 N–H and O–H groups in total. The highest BCUT2D eigenvalue weighted by Crippen LogP contribution is 2.29. The molecule has 2 aliphatic rings. The van der Waals surface area contributed by atoms with Crippen LogP contribution in [-0.4, -0.2) is 67.6 Å². The summed E-state index contributed by atoms with van der Waals surface area (Å²) in [5, 5.41) is 3.05. The van der Waals surface area contributed by atoms with Crippen molar-refractivity contribution in [2.45, 2.75) is 44.6 Å². The topological polar surface area (TPSA) is 61.6 Å². The van der Waals surface area contributed by atoms with E-state index in [0.29, 0.717) is 0 Å². The van der Waals surface area contributed by atoms with Crippen molar-refractivity contribution in [3.8, 4) is 0 Å². The fraction of sp³-hybridized carbons (Fsp3) is 0.938. The van der Waals surface area contributed by atoms with Crippen LogP contribution in [0, 0.1) is 5.92 Å². The maximum Gasteiger partial charge on any atom is 0.237 e. The molecule has 1 unspecified atom stereocenters. The molecule has 1 aliphatic heterocycles. The number of nitrogens with one attached hydrogen (secondary N) is 1. The summed E-state index contributed by atoms with van der Waals surface area (Å²) in [6.07, 6.45) is 5.91. The van der Waals surface area contributed by atoms with Gasteiger partial charge in [-0.3, -0.25) is 4.79 Å². The van der Waals surface area contributed by atoms with Gasteiger partial charge < -0.3 is 20.9 Å². The number of nitrogens with zero attached hydrogens (tertiary/aromatic N) is 2. The van der Waals surface area contributed by atoms with E-state index in [4.69, 9.17) is 5.73 Å². The van der Waals surface area contributed by atoms with Crippen molar-refractivity contribution in [3.63, 3.8) is 0 Å². The SMILES string of the molecule is CNC(C)(CCCCN1CCN(CC2CC2)CC1)C(N)=O. The number of carbonyl (C=O) groups excluding carboxylic acids is 1. The smallest absolute Gasteiger partial charge is 0.237 e. The van der Waals surface area contributed by atoms with E-state index in [9.17, 15) is 4.79 Å². The van der Waals surface area contributed by atoms with Crippen LogP contribution < -0.4 is 11.1 Å². The second-order valence-electron chi connectivity index (χ2n) is 6.99. The highest BCUT2D eigenvalue weighted by molar-refractivity contribution is 5.84. The van der Waals surface area contributed by atoms with Crippen molar-refractivity contribution >= 4 is 5.91 Å². The minimum Gasteiger partial charge on any atom is -0.368 e. The van der Waals surface area contributed by atoms with Crippen molar-refractivity contribution < 1.29 is 4.79 Å². The van der Waals surface area contributed by atoms with Crippen LogP contribution in [0.3, 0.4) is 0 Å². The van der Waals surface area contributed by atoms with Crippen LogP contribution in [0.25, 0.3) is 0 Å². The lowest BCUT2D eigenvalue weighted by Crippen LogP contribution is -2.51. The summed E-state index contributed by atoms with van der Waals surface area (Å²) in [6.45, 7) is 9.23. The Bertz CT molecular complexity index is 337. The van der Waals surface area contributed by atoms with E-state index < -0.39 is 5.54 Å². The van der Waals surface area contributed by atoms with Gasteiger partial charge in [0.15, 0.2) is 0 Å². The van der Waals surface area contributed by atoms with E-state index in [1.807, 2.05) is 14.0 Å². The fourth-order valence-corrected chi connectivity index (χ4v) is 3.05. The summed E-state index contributed by atoms with van der Waals surface area (Å²) in [5.74, 6) is 0.753. The number of piperazine rings is 1. The number of likely N-dealkylation sites (N-methyl/N-ethyl adjacent to an activating group) is 1. The summed E-state index contributed by atoms with van der Waals surface area (Å²) >= 11 is 0. The number of hydrogen-bond donors (Lipinski definition) is 2. The zero-order chi connectivity index (χ0) is 15.3. The number of carbonyl (C=O) groups is 1. The molecule has 0 spiro atoms. The Hall–Kier alpha value is -0.650. The Kier molecular flexibility index (Phi) is 6.02.